The zero-order valence-electron chi connectivity index (χ0n) is 16.4. The molecule has 0 fully saturated rings. The highest BCUT2D eigenvalue weighted by Gasteiger charge is 2.21. The molecule has 2 aromatic heterocycles. The van der Waals surface area contributed by atoms with E-state index in [0.717, 1.165) is 38.6 Å². The van der Waals surface area contributed by atoms with E-state index in [9.17, 15) is 4.79 Å². The number of rotatable bonds is 6. The standard InChI is InChI=1S/C20H29N5OS/c1-4-21-20(24(3)15-17-6-5-11-23(17)2)22-10-7-19(26)25-12-8-18-16(14-25)9-13-27-18/h5-6,9,11,13H,4,7-8,10,12,14-15H2,1-3H3,(H,21,22). The Balaban J connectivity index is 1.54. The van der Waals surface area contributed by atoms with Gasteiger partial charge in [0.1, 0.15) is 0 Å². The molecule has 27 heavy (non-hydrogen) atoms. The number of amides is 1. The summed E-state index contributed by atoms with van der Waals surface area (Å²) in [5.41, 5.74) is 2.53. The molecule has 2 aromatic rings. The number of hydrogen-bond donors (Lipinski definition) is 1. The number of carbonyl (C=O) groups is 1. The molecule has 0 spiro atoms. The summed E-state index contributed by atoms with van der Waals surface area (Å²) in [5, 5.41) is 5.44. The highest BCUT2D eigenvalue weighted by Crippen LogP contribution is 2.24. The minimum atomic E-state index is 0.191. The van der Waals surface area contributed by atoms with Crippen LogP contribution in [-0.2, 0) is 31.4 Å². The normalized spacial score (nSPS) is 14.2. The van der Waals surface area contributed by atoms with E-state index in [1.807, 2.05) is 31.3 Å². The maximum atomic E-state index is 12.6. The second-order valence-corrected chi connectivity index (χ2v) is 7.89. The van der Waals surface area contributed by atoms with Gasteiger partial charge in [-0.05, 0) is 42.5 Å². The molecule has 3 rings (SSSR count). The topological polar surface area (TPSA) is 52.9 Å². The van der Waals surface area contributed by atoms with Crippen LogP contribution in [0.3, 0.4) is 0 Å². The van der Waals surface area contributed by atoms with Gasteiger partial charge in [0.2, 0.25) is 5.91 Å². The van der Waals surface area contributed by atoms with Gasteiger partial charge < -0.3 is 19.7 Å². The molecule has 1 aliphatic rings. The van der Waals surface area contributed by atoms with Crippen molar-refractivity contribution in [1.82, 2.24) is 19.7 Å². The Bertz CT molecular complexity index is 794. The molecule has 0 atom stereocenters. The van der Waals surface area contributed by atoms with Gasteiger partial charge in [-0.25, -0.2) is 0 Å². The van der Waals surface area contributed by atoms with Crippen molar-refractivity contribution >= 4 is 23.2 Å². The predicted octanol–water partition coefficient (Wildman–Crippen LogP) is 2.46. The molecule has 3 heterocycles. The number of carbonyl (C=O) groups excluding carboxylic acids is 1. The number of thiophene rings is 1. The highest BCUT2D eigenvalue weighted by atomic mass is 32.1. The van der Waals surface area contributed by atoms with E-state index >= 15 is 0 Å². The molecule has 0 unspecified atom stereocenters. The maximum absolute atomic E-state index is 12.6. The van der Waals surface area contributed by atoms with Crippen molar-refractivity contribution in [2.45, 2.75) is 32.9 Å². The van der Waals surface area contributed by atoms with Crippen LogP contribution in [0.15, 0.2) is 34.8 Å². The Kier molecular flexibility index (Phi) is 6.55. The van der Waals surface area contributed by atoms with Gasteiger partial charge in [-0.1, -0.05) is 0 Å². The van der Waals surface area contributed by atoms with Crippen LogP contribution in [0.25, 0.3) is 0 Å². The molecule has 0 aliphatic carbocycles. The van der Waals surface area contributed by atoms with Crippen molar-refractivity contribution in [3.63, 3.8) is 0 Å². The van der Waals surface area contributed by atoms with E-state index in [2.05, 4.69) is 44.2 Å². The highest BCUT2D eigenvalue weighted by molar-refractivity contribution is 7.10. The van der Waals surface area contributed by atoms with Crippen molar-refractivity contribution in [1.29, 1.82) is 0 Å². The number of nitrogens with one attached hydrogen (secondary N) is 1. The fraction of sp³-hybridized carbons (Fsp3) is 0.500. The molecule has 0 aromatic carbocycles. The van der Waals surface area contributed by atoms with E-state index < -0.39 is 0 Å². The molecule has 1 amide bonds. The van der Waals surface area contributed by atoms with Crippen LogP contribution >= 0.6 is 11.3 Å². The lowest BCUT2D eigenvalue weighted by Gasteiger charge is -2.27. The van der Waals surface area contributed by atoms with Crippen LogP contribution in [-0.4, -0.2) is 52.9 Å². The summed E-state index contributed by atoms with van der Waals surface area (Å²) < 4.78 is 2.11. The van der Waals surface area contributed by atoms with Gasteiger partial charge >= 0.3 is 0 Å². The van der Waals surface area contributed by atoms with E-state index in [0.29, 0.717) is 13.0 Å². The Labute approximate surface area is 165 Å². The number of fused-ring (bicyclic) bond motifs is 1. The van der Waals surface area contributed by atoms with Crippen LogP contribution in [0.1, 0.15) is 29.5 Å². The lowest BCUT2D eigenvalue weighted by Crippen LogP contribution is -2.39. The van der Waals surface area contributed by atoms with E-state index in [1.54, 1.807) is 11.3 Å². The molecule has 0 radical (unpaired) electrons. The molecule has 0 bridgehead atoms. The van der Waals surface area contributed by atoms with E-state index in [1.165, 1.54) is 16.1 Å². The first-order valence-electron chi connectivity index (χ1n) is 9.51. The molecule has 146 valence electrons. The van der Waals surface area contributed by atoms with Gasteiger partial charge in [0, 0.05) is 56.9 Å². The second-order valence-electron chi connectivity index (χ2n) is 6.89. The van der Waals surface area contributed by atoms with Gasteiger partial charge in [0.25, 0.3) is 0 Å². The van der Waals surface area contributed by atoms with Crippen LogP contribution in [0.2, 0.25) is 0 Å². The van der Waals surface area contributed by atoms with E-state index in [4.69, 9.17) is 0 Å². The average Bonchev–Trinajstić information content (AvgIpc) is 3.29. The number of aryl methyl sites for hydroxylation is 1. The minimum absolute atomic E-state index is 0.191. The zero-order valence-corrected chi connectivity index (χ0v) is 17.3. The number of aliphatic imine (C=N–C) groups is 1. The van der Waals surface area contributed by atoms with Crippen LogP contribution in [0, 0.1) is 0 Å². The van der Waals surface area contributed by atoms with Crippen molar-refractivity contribution in [3.05, 3.63) is 45.9 Å². The van der Waals surface area contributed by atoms with Gasteiger partial charge in [-0.2, -0.15) is 0 Å². The van der Waals surface area contributed by atoms with Gasteiger partial charge in [-0.15, -0.1) is 11.3 Å². The van der Waals surface area contributed by atoms with E-state index in [-0.39, 0.29) is 5.91 Å². The Morgan fingerprint density at radius 2 is 2.26 bits per heavy atom. The number of hydrogen-bond acceptors (Lipinski definition) is 3. The third-order valence-corrected chi connectivity index (χ3v) is 5.92. The monoisotopic (exact) mass is 387 g/mol. The zero-order chi connectivity index (χ0) is 19.2. The summed E-state index contributed by atoms with van der Waals surface area (Å²) in [4.78, 5) is 22.7. The number of guanidine groups is 1. The maximum Gasteiger partial charge on any atom is 0.224 e. The third kappa shape index (κ3) is 4.91. The molecule has 1 N–H and O–H groups in total. The molecular formula is C20H29N5OS. The molecular weight excluding hydrogens is 358 g/mol. The Morgan fingerprint density at radius 1 is 1.41 bits per heavy atom. The Hall–Kier alpha value is -2.28. The fourth-order valence-electron chi connectivity index (χ4n) is 3.33. The summed E-state index contributed by atoms with van der Waals surface area (Å²) in [6.07, 6.45) is 3.47. The lowest BCUT2D eigenvalue weighted by atomic mass is 10.1. The van der Waals surface area contributed by atoms with Gasteiger partial charge in [0.05, 0.1) is 13.1 Å². The van der Waals surface area contributed by atoms with Crippen molar-refractivity contribution in [3.8, 4) is 0 Å². The number of aromatic nitrogens is 1. The molecule has 0 saturated heterocycles. The summed E-state index contributed by atoms with van der Waals surface area (Å²) in [5.74, 6) is 1.03. The summed E-state index contributed by atoms with van der Waals surface area (Å²) in [7, 11) is 4.07. The predicted molar refractivity (Wildman–Crippen MR) is 111 cm³/mol. The van der Waals surface area contributed by atoms with Gasteiger partial charge in [0.15, 0.2) is 5.96 Å². The first kappa shape index (κ1) is 19.5. The SMILES string of the molecule is CCNC(=NCCC(=O)N1CCc2sccc2C1)N(C)Cc1cccn1C. The summed E-state index contributed by atoms with van der Waals surface area (Å²) in [6, 6.07) is 6.29. The largest absolute Gasteiger partial charge is 0.357 e. The van der Waals surface area contributed by atoms with Gasteiger partial charge in [-0.3, -0.25) is 9.79 Å². The second kappa shape index (κ2) is 9.08. The first-order chi connectivity index (χ1) is 13.1. The van der Waals surface area contributed by atoms with Crippen molar-refractivity contribution in [2.24, 2.45) is 12.0 Å². The summed E-state index contributed by atoms with van der Waals surface area (Å²) >= 11 is 1.80. The molecule has 0 saturated carbocycles. The lowest BCUT2D eigenvalue weighted by molar-refractivity contribution is -0.131. The van der Waals surface area contributed by atoms with Crippen molar-refractivity contribution < 1.29 is 4.79 Å². The van der Waals surface area contributed by atoms with Crippen LogP contribution in [0.4, 0.5) is 0 Å². The molecule has 6 nitrogen and oxygen atoms in total. The van der Waals surface area contributed by atoms with Crippen LogP contribution in [0.5, 0.6) is 0 Å². The summed E-state index contributed by atoms with van der Waals surface area (Å²) in [6.45, 7) is 5.71. The molecule has 7 heteroatoms. The average molecular weight is 388 g/mol. The number of nitrogens with zero attached hydrogens (tertiary/aromatic N) is 4. The van der Waals surface area contributed by atoms with Crippen LogP contribution < -0.4 is 5.32 Å². The quantitative estimate of drug-likeness (QED) is 0.612. The first-order valence-corrected chi connectivity index (χ1v) is 10.4. The third-order valence-electron chi connectivity index (χ3n) is 4.89. The fourth-order valence-corrected chi connectivity index (χ4v) is 4.21. The minimum Gasteiger partial charge on any atom is -0.357 e. The Morgan fingerprint density at radius 3 is 3.00 bits per heavy atom. The smallest absolute Gasteiger partial charge is 0.224 e. The molecule has 1 aliphatic heterocycles. The van der Waals surface area contributed by atoms with Crippen molar-refractivity contribution in [2.75, 3.05) is 26.7 Å².